The van der Waals surface area contributed by atoms with Crippen LogP contribution in [0.1, 0.15) is 27.8 Å². The van der Waals surface area contributed by atoms with Gasteiger partial charge in [0.2, 0.25) is 9.84 Å². The lowest BCUT2D eigenvalue weighted by atomic mass is 10.1. The third kappa shape index (κ3) is 5.42. The molecule has 0 aromatic heterocycles. The molecule has 0 bridgehead atoms. The number of nitrogens with one attached hydrogen (secondary N) is 1. The number of anilines is 1. The van der Waals surface area contributed by atoms with Crippen molar-refractivity contribution in [3.05, 3.63) is 104 Å². The normalized spacial score (nSPS) is 12.1. The fourth-order valence-electron chi connectivity index (χ4n) is 3.56. The Balaban J connectivity index is 2.11. The van der Waals surface area contributed by atoms with Crippen molar-refractivity contribution in [3.63, 3.8) is 0 Å². The van der Waals surface area contributed by atoms with Crippen LogP contribution >= 0.6 is 11.8 Å². The molecule has 0 aliphatic heterocycles. The molecular weight excluding hydrogens is 436 g/mol. The molecule has 1 N–H and O–H groups in total. The average Bonchev–Trinajstić information content (AvgIpc) is 2.75. The first kappa shape index (κ1) is 23.6. The summed E-state index contributed by atoms with van der Waals surface area (Å²) in [5, 5.41) is 13.6. The highest BCUT2D eigenvalue weighted by Crippen LogP contribution is 2.33. The van der Waals surface area contributed by atoms with Crippen LogP contribution in [0.15, 0.2) is 81.6 Å². The fraction of sp³-hybridized carbons (Fsp3) is 0.192. The van der Waals surface area contributed by atoms with Crippen molar-refractivity contribution in [1.82, 2.24) is 0 Å². The first-order valence-electron chi connectivity index (χ1n) is 10.2. The van der Waals surface area contributed by atoms with Crippen LogP contribution in [-0.2, 0) is 15.6 Å². The molecule has 6 heteroatoms. The van der Waals surface area contributed by atoms with E-state index in [1.165, 1.54) is 23.9 Å². The van der Waals surface area contributed by atoms with Crippen molar-refractivity contribution < 1.29 is 8.42 Å². The van der Waals surface area contributed by atoms with Gasteiger partial charge >= 0.3 is 0 Å². The molecule has 0 heterocycles. The van der Waals surface area contributed by atoms with Crippen molar-refractivity contribution in [2.75, 3.05) is 5.32 Å². The standard InChI is InChI=1S/C26H26N2O2S2/c1-18-9-8-10-22(15-18)17-31-26(28-25-20(3)13-19(2)14-21(25)4)24(16-27)32(29,30)23-11-6-5-7-12-23/h5-15,28H,17H2,1-4H3. The van der Waals surface area contributed by atoms with Gasteiger partial charge in [-0.2, -0.15) is 5.26 Å². The van der Waals surface area contributed by atoms with Gasteiger partial charge in [0.1, 0.15) is 11.1 Å². The molecule has 0 atom stereocenters. The first-order valence-corrected chi connectivity index (χ1v) is 12.7. The van der Waals surface area contributed by atoms with Crippen LogP contribution in [0.4, 0.5) is 5.69 Å². The third-order valence-corrected chi connectivity index (χ3v) is 7.94. The summed E-state index contributed by atoms with van der Waals surface area (Å²) < 4.78 is 26.7. The Hall–Kier alpha value is -3.01. The Kier molecular flexibility index (Phi) is 7.44. The lowest BCUT2D eigenvalue weighted by Gasteiger charge is -2.18. The van der Waals surface area contributed by atoms with Gasteiger partial charge in [-0.1, -0.05) is 65.7 Å². The van der Waals surface area contributed by atoms with E-state index in [1.54, 1.807) is 18.2 Å². The number of aryl methyl sites for hydroxylation is 4. The molecule has 0 spiro atoms. The molecule has 0 radical (unpaired) electrons. The average molecular weight is 463 g/mol. The van der Waals surface area contributed by atoms with Gasteiger partial charge in [-0.25, -0.2) is 8.42 Å². The number of hydrogen-bond donors (Lipinski definition) is 1. The van der Waals surface area contributed by atoms with Gasteiger partial charge in [0.05, 0.1) is 4.90 Å². The molecule has 3 rings (SSSR count). The molecule has 0 aliphatic carbocycles. The van der Waals surface area contributed by atoms with Gasteiger partial charge in [-0.3, -0.25) is 0 Å². The van der Waals surface area contributed by atoms with E-state index >= 15 is 0 Å². The van der Waals surface area contributed by atoms with Crippen LogP contribution in [0.3, 0.4) is 0 Å². The van der Waals surface area contributed by atoms with Crippen LogP contribution < -0.4 is 5.32 Å². The summed E-state index contributed by atoms with van der Waals surface area (Å²) in [5.41, 5.74) is 6.11. The molecule has 0 aliphatic rings. The summed E-state index contributed by atoms with van der Waals surface area (Å²) in [5.74, 6) is 0.531. The van der Waals surface area contributed by atoms with Gasteiger partial charge < -0.3 is 5.32 Å². The smallest absolute Gasteiger partial charge is 0.219 e. The number of sulfone groups is 1. The zero-order valence-electron chi connectivity index (χ0n) is 18.6. The second-order valence-electron chi connectivity index (χ2n) is 7.76. The summed E-state index contributed by atoms with van der Waals surface area (Å²) >= 11 is 1.32. The summed E-state index contributed by atoms with van der Waals surface area (Å²) in [6.07, 6.45) is 0. The molecule has 0 fully saturated rings. The highest BCUT2D eigenvalue weighted by Gasteiger charge is 2.26. The second-order valence-corrected chi connectivity index (χ2v) is 10.6. The van der Waals surface area contributed by atoms with Crippen molar-refractivity contribution in [2.45, 2.75) is 38.3 Å². The quantitative estimate of drug-likeness (QED) is 0.410. The SMILES string of the molecule is Cc1cccc(CSC(Nc2c(C)cc(C)cc2C)=C(C#N)S(=O)(=O)c2ccccc2)c1. The topological polar surface area (TPSA) is 70.0 Å². The summed E-state index contributed by atoms with van der Waals surface area (Å²) in [6, 6.07) is 22.2. The lowest BCUT2D eigenvalue weighted by molar-refractivity contribution is 0.603. The van der Waals surface area contributed by atoms with E-state index in [0.29, 0.717) is 10.8 Å². The number of hydrogen-bond acceptors (Lipinski definition) is 5. The maximum Gasteiger partial charge on any atom is 0.219 e. The van der Waals surface area contributed by atoms with Crippen LogP contribution in [0.25, 0.3) is 0 Å². The minimum Gasteiger partial charge on any atom is -0.348 e. The van der Waals surface area contributed by atoms with Gasteiger partial charge in [0.15, 0.2) is 4.91 Å². The Morgan fingerprint density at radius 2 is 1.56 bits per heavy atom. The van der Waals surface area contributed by atoms with Gasteiger partial charge in [0, 0.05) is 11.4 Å². The van der Waals surface area contributed by atoms with E-state index in [2.05, 4.69) is 11.4 Å². The summed E-state index contributed by atoms with van der Waals surface area (Å²) in [6.45, 7) is 7.99. The van der Waals surface area contributed by atoms with Crippen LogP contribution in [0.2, 0.25) is 0 Å². The zero-order valence-corrected chi connectivity index (χ0v) is 20.3. The molecule has 32 heavy (non-hydrogen) atoms. The molecule has 0 unspecified atom stereocenters. The number of nitriles is 1. The molecule has 4 nitrogen and oxygen atoms in total. The maximum atomic E-state index is 13.4. The first-order chi connectivity index (χ1) is 15.2. The molecule has 0 amide bonds. The molecule has 164 valence electrons. The van der Waals surface area contributed by atoms with E-state index in [4.69, 9.17) is 0 Å². The van der Waals surface area contributed by atoms with E-state index in [9.17, 15) is 13.7 Å². The Morgan fingerprint density at radius 3 is 2.16 bits per heavy atom. The Bertz CT molecular complexity index is 1280. The zero-order chi connectivity index (χ0) is 23.3. The molecule has 0 saturated carbocycles. The van der Waals surface area contributed by atoms with Crippen molar-refractivity contribution in [1.29, 1.82) is 5.26 Å². The fourth-order valence-corrected chi connectivity index (χ4v) is 6.07. The highest BCUT2D eigenvalue weighted by atomic mass is 32.2. The predicted octanol–water partition coefficient (Wildman–Crippen LogP) is 6.43. The Morgan fingerprint density at radius 1 is 0.906 bits per heavy atom. The van der Waals surface area contributed by atoms with E-state index in [-0.39, 0.29) is 9.80 Å². The van der Waals surface area contributed by atoms with Gasteiger partial charge in [-0.05, 0) is 56.5 Å². The van der Waals surface area contributed by atoms with E-state index in [0.717, 1.165) is 33.5 Å². The number of benzene rings is 3. The van der Waals surface area contributed by atoms with Crippen LogP contribution in [-0.4, -0.2) is 8.42 Å². The monoisotopic (exact) mass is 462 g/mol. The molecule has 3 aromatic carbocycles. The second kappa shape index (κ2) is 10.1. The van der Waals surface area contributed by atoms with E-state index in [1.807, 2.05) is 64.1 Å². The summed E-state index contributed by atoms with van der Waals surface area (Å²) in [7, 11) is -3.98. The maximum absolute atomic E-state index is 13.4. The minimum atomic E-state index is -3.98. The number of allylic oxidation sites excluding steroid dienone is 1. The Labute approximate surface area is 194 Å². The minimum absolute atomic E-state index is 0.101. The predicted molar refractivity (Wildman–Crippen MR) is 133 cm³/mol. The van der Waals surface area contributed by atoms with Crippen molar-refractivity contribution in [2.24, 2.45) is 0 Å². The molecule has 0 saturated heterocycles. The van der Waals surface area contributed by atoms with Crippen LogP contribution in [0.5, 0.6) is 0 Å². The summed E-state index contributed by atoms with van der Waals surface area (Å²) in [4.78, 5) is -0.176. The highest BCUT2D eigenvalue weighted by molar-refractivity contribution is 8.04. The largest absolute Gasteiger partial charge is 0.348 e. The van der Waals surface area contributed by atoms with E-state index < -0.39 is 9.84 Å². The third-order valence-electron chi connectivity index (χ3n) is 5.01. The molecule has 3 aromatic rings. The van der Waals surface area contributed by atoms with Gasteiger partial charge in [-0.15, -0.1) is 11.8 Å². The van der Waals surface area contributed by atoms with Crippen LogP contribution in [0, 0.1) is 39.0 Å². The number of nitrogens with zero attached hydrogens (tertiary/aromatic N) is 1. The number of thioether (sulfide) groups is 1. The van der Waals surface area contributed by atoms with Crippen molar-refractivity contribution >= 4 is 27.3 Å². The van der Waals surface area contributed by atoms with Gasteiger partial charge in [0.25, 0.3) is 0 Å². The lowest BCUT2D eigenvalue weighted by Crippen LogP contribution is -2.11. The number of rotatable bonds is 7. The molecular formula is C26H26N2O2S2. The van der Waals surface area contributed by atoms with Crippen molar-refractivity contribution in [3.8, 4) is 6.07 Å².